The predicted molar refractivity (Wildman–Crippen MR) is 43.8 cm³/mol. The molecule has 10 heavy (non-hydrogen) atoms. The van der Waals surface area contributed by atoms with Crippen LogP contribution in [-0.4, -0.2) is 15.0 Å². The van der Waals surface area contributed by atoms with Gasteiger partial charge in [-0.05, 0) is 6.92 Å². The number of rotatable bonds is 2. The first-order valence-corrected chi connectivity index (χ1v) is 3.38. The molecule has 3 N–H and O–H groups in total. The molecule has 1 aromatic heterocycles. The van der Waals surface area contributed by atoms with Gasteiger partial charge < -0.3 is 10.7 Å². The highest BCUT2D eigenvalue weighted by Gasteiger charge is 1.97. The summed E-state index contributed by atoms with van der Waals surface area (Å²) in [6.07, 6.45) is 2.40. The minimum Gasteiger partial charge on any atom is -0.393 e. The molecule has 0 saturated carbocycles. The van der Waals surface area contributed by atoms with Crippen molar-refractivity contribution in [1.29, 1.82) is 0 Å². The Kier molecular flexibility index (Phi) is 2.01. The second-order valence-corrected chi connectivity index (χ2v) is 2.64. The van der Waals surface area contributed by atoms with Crippen LogP contribution in [0.15, 0.2) is 6.20 Å². The lowest BCUT2D eigenvalue weighted by Crippen LogP contribution is -2.11. The van der Waals surface area contributed by atoms with Crippen molar-refractivity contribution >= 4 is 17.2 Å². The Morgan fingerprint density at radius 3 is 3.00 bits per heavy atom. The van der Waals surface area contributed by atoms with Crippen LogP contribution in [0.1, 0.15) is 11.5 Å². The monoisotopic (exact) mass is 155 g/mol. The minimum absolute atomic E-state index is 0.478. The largest absolute Gasteiger partial charge is 0.393 e. The average molecular weight is 155 g/mol. The standard InChI is InChI=1S/C6H9N3S/c1-4-8-3-5(9-4)2-6(7)10/h3H,2H2,1H3,(H2,7,10)(H,8,9). The van der Waals surface area contributed by atoms with E-state index in [0.717, 1.165) is 11.5 Å². The highest BCUT2D eigenvalue weighted by molar-refractivity contribution is 7.80. The van der Waals surface area contributed by atoms with Gasteiger partial charge >= 0.3 is 0 Å². The number of nitrogens with two attached hydrogens (primary N) is 1. The second kappa shape index (κ2) is 2.79. The van der Waals surface area contributed by atoms with Crippen molar-refractivity contribution in [2.75, 3.05) is 0 Å². The van der Waals surface area contributed by atoms with Crippen LogP contribution < -0.4 is 5.73 Å². The molecule has 1 rings (SSSR count). The summed E-state index contributed by atoms with van der Waals surface area (Å²) in [6.45, 7) is 1.89. The van der Waals surface area contributed by atoms with Crippen LogP contribution in [0.25, 0.3) is 0 Å². The molecule has 0 atom stereocenters. The molecule has 0 spiro atoms. The summed E-state index contributed by atoms with van der Waals surface area (Å²) in [5.41, 5.74) is 6.22. The molecule has 4 heteroatoms. The summed E-state index contributed by atoms with van der Waals surface area (Å²) in [5.74, 6) is 0.895. The van der Waals surface area contributed by atoms with Crippen LogP contribution in [-0.2, 0) is 6.42 Å². The van der Waals surface area contributed by atoms with Gasteiger partial charge in [-0.3, -0.25) is 0 Å². The number of imidazole rings is 1. The molecule has 0 aliphatic carbocycles. The van der Waals surface area contributed by atoms with E-state index in [-0.39, 0.29) is 0 Å². The molecular formula is C6H9N3S. The first kappa shape index (κ1) is 7.21. The lowest BCUT2D eigenvalue weighted by Gasteiger charge is -1.89. The molecule has 0 radical (unpaired) electrons. The molecule has 3 nitrogen and oxygen atoms in total. The van der Waals surface area contributed by atoms with Gasteiger partial charge in [-0.1, -0.05) is 12.2 Å². The van der Waals surface area contributed by atoms with Crippen LogP contribution in [0.3, 0.4) is 0 Å². The summed E-state index contributed by atoms with van der Waals surface area (Å²) >= 11 is 4.71. The van der Waals surface area contributed by atoms with Crippen molar-refractivity contribution in [1.82, 2.24) is 9.97 Å². The van der Waals surface area contributed by atoms with E-state index in [9.17, 15) is 0 Å². The molecule has 0 aliphatic rings. The Morgan fingerprint density at radius 1 is 1.90 bits per heavy atom. The topological polar surface area (TPSA) is 54.7 Å². The lowest BCUT2D eigenvalue weighted by atomic mass is 10.3. The van der Waals surface area contributed by atoms with E-state index in [2.05, 4.69) is 9.97 Å². The molecular weight excluding hydrogens is 146 g/mol. The number of H-pyrrole nitrogens is 1. The Labute approximate surface area is 64.7 Å². The lowest BCUT2D eigenvalue weighted by molar-refractivity contribution is 1.11. The SMILES string of the molecule is Cc1nc(CC(N)=S)c[nH]1. The average Bonchev–Trinajstić information content (AvgIpc) is 2.13. The van der Waals surface area contributed by atoms with E-state index in [1.165, 1.54) is 0 Å². The van der Waals surface area contributed by atoms with Gasteiger partial charge in [0.25, 0.3) is 0 Å². The summed E-state index contributed by atoms with van der Waals surface area (Å²) in [7, 11) is 0. The Balaban J connectivity index is 2.67. The maximum atomic E-state index is 5.31. The third-order valence-electron chi connectivity index (χ3n) is 1.11. The molecule has 0 fully saturated rings. The fourth-order valence-electron chi connectivity index (χ4n) is 0.737. The first-order valence-electron chi connectivity index (χ1n) is 2.97. The normalized spacial score (nSPS) is 9.70. The Bertz CT molecular complexity index is 241. The van der Waals surface area contributed by atoms with Crippen molar-refractivity contribution in [3.05, 3.63) is 17.7 Å². The number of nitrogens with one attached hydrogen (secondary N) is 1. The van der Waals surface area contributed by atoms with Gasteiger partial charge in [-0.2, -0.15) is 0 Å². The molecule has 0 saturated heterocycles. The van der Waals surface area contributed by atoms with Crippen molar-refractivity contribution in [3.63, 3.8) is 0 Å². The minimum atomic E-state index is 0.478. The zero-order valence-electron chi connectivity index (χ0n) is 5.72. The molecule has 54 valence electrons. The number of hydrogen-bond donors (Lipinski definition) is 2. The van der Waals surface area contributed by atoms with Crippen LogP contribution in [0.4, 0.5) is 0 Å². The molecule has 0 aliphatic heterocycles. The summed E-state index contributed by atoms with van der Waals surface area (Å²) in [4.78, 5) is 7.55. The predicted octanol–water partition coefficient (Wildman–Crippen LogP) is 0.547. The number of aromatic nitrogens is 2. The number of aromatic amines is 1. The number of aryl methyl sites for hydroxylation is 1. The van der Waals surface area contributed by atoms with Crippen LogP contribution >= 0.6 is 12.2 Å². The van der Waals surface area contributed by atoms with Gasteiger partial charge in [-0.15, -0.1) is 0 Å². The third-order valence-corrected chi connectivity index (χ3v) is 1.26. The van der Waals surface area contributed by atoms with Gasteiger partial charge in [0, 0.05) is 12.6 Å². The zero-order valence-corrected chi connectivity index (χ0v) is 6.53. The maximum absolute atomic E-state index is 5.31. The quantitative estimate of drug-likeness (QED) is 0.613. The van der Waals surface area contributed by atoms with E-state index in [1.807, 2.05) is 13.1 Å². The van der Waals surface area contributed by atoms with Gasteiger partial charge in [0.1, 0.15) is 5.82 Å². The first-order chi connectivity index (χ1) is 4.68. The van der Waals surface area contributed by atoms with E-state index < -0.39 is 0 Å². The van der Waals surface area contributed by atoms with E-state index in [1.54, 1.807) is 0 Å². The van der Waals surface area contributed by atoms with E-state index in [0.29, 0.717) is 11.4 Å². The second-order valence-electron chi connectivity index (χ2n) is 2.12. The van der Waals surface area contributed by atoms with Crippen LogP contribution in [0.5, 0.6) is 0 Å². The molecule has 0 aromatic carbocycles. The van der Waals surface area contributed by atoms with Crippen molar-refractivity contribution in [3.8, 4) is 0 Å². The summed E-state index contributed by atoms with van der Waals surface area (Å²) < 4.78 is 0. The number of nitrogens with zero attached hydrogens (tertiary/aromatic N) is 1. The summed E-state index contributed by atoms with van der Waals surface area (Å²) in [6, 6.07) is 0. The molecule has 0 bridgehead atoms. The zero-order chi connectivity index (χ0) is 7.56. The van der Waals surface area contributed by atoms with E-state index >= 15 is 0 Å². The van der Waals surface area contributed by atoms with Gasteiger partial charge in [0.15, 0.2) is 0 Å². The van der Waals surface area contributed by atoms with Crippen LogP contribution in [0, 0.1) is 6.92 Å². The maximum Gasteiger partial charge on any atom is 0.103 e. The fraction of sp³-hybridized carbons (Fsp3) is 0.333. The number of thiocarbonyl (C=S) groups is 1. The molecule has 1 aromatic rings. The van der Waals surface area contributed by atoms with Gasteiger partial charge in [-0.25, -0.2) is 4.98 Å². The highest BCUT2D eigenvalue weighted by atomic mass is 32.1. The Morgan fingerprint density at radius 2 is 2.60 bits per heavy atom. The van der Waals surface area contributed by atoms with Crippen molar-refractivity contribution in [2.45, 2.75) is 13.3 Å². The van der Waals surface area contributed by atoms with Crippen molar-refractivity contribution < 1.29 is 0 Å². The molecule has 1 heterocycles. The van der Waals surface area contributed by atoms with E-state index in [4.69, 9.17) is 18.0 Å². The number of hydrogen-bond acceptors (Lipinski definition) is 2. The van der Waals surface area contributed by atoms with Gasteiger partial charge in [0.05, 0.1) is 10.7 Å². The smallest absolute Gasteiger partial charge is 0.103 e. The molecule has 0 unspecified atom stereocenters. The van der Waals surface area contributed by atoms with Gasteiger partial charge in [0.2, 0.25) is 0 Å². The summed E-state index contributed by atoms with van der Waals surface area (Å²) in [5, 5.41) is 0. The highest BCUT2D eigenvalue weighted by Crippen LogP contribution is 1.95. The van der Waals surface area contributed by atoms with Crippen molar-refractivity contribution in [2.24, 2.45) is 5.73 Å². The fourth-order valence-corrected chi connectivity index (χ4v) is 0.885. The molecule has 0 amide bonds. The Hall–Kier alpha value is -0.900. The third kappa shape index (κ3) is 1.80. The van der Waals surface area contributed by atoms with Crippen LogP contribution in [0.2, 0.25) is 0 Å².